The van der Waals surface area contributed by atoms with E-state index in [0.717, 1.165) is 6.42 Å². The number of benzene rings is 2. The molecule has 14 nitrogen and oxygen atoms in total. The van der Waals surface area contributed by atoms with E-state index in [-0.39, 0.29) is 48.8 Å². The molecule has 17 heteroatoms. The fourth-order valence-corrected chi connectivity index (χ4v) is 8.59. The zero-order valence-corrected chi connectivity index (χ0v) is 32.4. The number of rotatable bonds is 5. The van der Waals surface area contributed by atoms with Crippen LogP contribution in [0.1, 0.15) is 76.8 Å². The van der Waals surface area contributed by atoms with Gasteiger partial charge in [0.25, 0.3) is 15.9 Å². The second kappa shape index (κ2) is 15.8. The van der Waals surface area contributed by atoms with Gasteiger partial charge in [-0.3, -0.25) is 19.3 Å². The van der Waals surface area contributed by atoms with Crippen LogP contribution in [0.3, 0.4) is 0 Å². The molecule has 1 saturated heterocycles. The van der Waals surface area contributed by atoms with E-state index in [1.165, 1.54) is 40.1 Å². The number of hydrogen-bond acceptors (Lipinski definition) is 9. The molecule has 5 atom stereocenters. The highest BCUT2D eigenvalue weighted by Gasteiger charge is 2.61. The quantitative estimate of drug-likeness (QED) is 0.362. The molecular weight excluding hydrogens is 757 g/mol. The smallest absolute Gasteiger partial charge is 0.410 e. The van der Waals surface area contributed by atoms with Crippen molar-refractivity contribution in [2.45, 2.75) is 113 Å². The highest BCUT2D eigenvalue weighted by Crippen LogP contribution is 2.46. The molecule has 3 aliphatic heterocycles. The number of halogens is 2. The number of nitrogens with one attached hydrogen (secondary N) is 3. The molecule has 1 saturated carbocycles. The molecule has 0 unspecified atom stereocenters. The number of sulfonamides is 1. The van der Waals surface area contributed by atoms with E-state index in [1.807, 2.05) is 6.08 Å². The first kappa shape index (κ1) is 40.0. The van der Waals surface area contributed by atoms with Crippen molar-refractivity contribution in [2.75, 3.05) is 6.54 Å². The van der Waals surface area contributed by atoms with Gasteiger partial charge in [0.2, 0.25) is 11.8 Å². The summed E-state index contributed by atoms with van der Waals surface area (Å²) in [5.74, 6) is -3.38. The van der Waals surface area contributed by atoms with Crippen LogP contribution in [0, 0.1) is 11.7 Å². The number of carbonyl (C=O) groups is 5. The number of hydrogen-bond donors (Lipinski definition) is 3. The Morgan fingerprint density at radius 1 is 1.05 bits per heavy atom. The summed E-state index contributed by atoms with van der Waals surface area (Å²) in [5.41, 5.74) is -1.53. The van der Waals surface area contributed by atoms with Crippen LogP contribution in [0.5, 0.6) is 0 Å². The lowest BCUT2D eigenvalue weighted by Gasteiger charge is -2.30. The summed E-state index contributed by atoms with van der Waals surface area (Å²) in [6.07, 6.45) is 3.78. The minimum Gasteiger partial charge on any atom is -0.444 e. The monoisotopic (exact) mass is 801 g/mol. The Kier molecular flexibility index (Phi) is 11.5. The zero-order chi connectivity index (χ0) is 39.7. The Labute approximate surface area is 324 Å². The van der Waals surface area contributed by atoms with Crippen molar-refractivity contribution < 1.29 is 46.3 Å². The first-order valence-electron chi connectivity index (χ1n) is 18.3. The van der Waals surface area contributed by atoms with Gasteiger partial charge in [-0.15, -0.1) is 0 Å². The fraction of sp³-hybridized carbons (Fsp3) is 0.500. The molecule has 0 aromatic heterocycles. The van der Waals surface area contributed by atoms with Gasteiger partial charge < -0.3 is 25.0 Å². The van der Waals surface area contributed by atoms with Crippen LogP contribution in [0.2, 0.25) is 5.02 Å². The number of nitrogens with zero attached hydrogens (tertiary/aromatic N) is 2. The van der Waals surface area contributed by atoms with E-state index in [4.69, 9.17) is 21.1 Å². The maximum absolute atomic E-state index is 14.5. The molecule has 55 heavy (non-hydrogen) atoms. The third-order valence-corrected chi connectivity index (χ3v) is 11.7. The van der Waals surface area contributed by atoms with Crippen LogP contribution in [0.25, 0.3) is 0 Å². The van der Waals surface area contributed by atoms with Crippen LogP contribution < -0.4 is 15.4 Å². The van der Waals surface area contributed by atoms with Crippen molar-refractivity contribution in [2.24, 2.45) is 5.92 Å². The van der Waals surface area contributed by atoms with E-state index < -0.39 is 81.0 Å². The second-order valence-corrected chi connectivity index (χ2v) is 17.5. The highest BCUT2D eigenvalue weighted by atomic mass is 35.5. The summed E-state index contributed by atoms with van der Waals surface area (Å²) < 4.78 is 54.3. The molecule has 2 aromatic rings. The molecular formula is C38H45ClFN5O9S. The summed E-state index contributed by atoms with van der Waals surface area (Å²) in [7, 11) is -4.40. The lowest BCUT2D eigenvalue weighted by Crippen LogP contribution is -2.58. The van der Waals surface area contributed by atoms with Gasteiger partial charge in [0.1, 0.15) is 35.1 Å². The Morgan fingerprint density at radius 2 is 1.82 bits per heavy atom. The molecule has 2 fully saturated rings. The van der Waals surface area contributed by atoms with Crippen LogP contribution in [-0.2, 0) is 47.0 Å². The average molecular weight is 802 g/mol. The van der Waals surface area contributed by atoms with Gasteiger partial charge in [-0.1, -0.05) is 54.8 Å². The Bertz CT molecular complexity index is 2010. The van der Waals surface area contributed by atoms with E-state index in [0.29, 0.717) is 30.4 Å². The summed E-state index contributed by atoms with van der Waals surface area (Å²) >= 11 is 6.01. The number of alkyl carbamates (subject to hydrolysis) is 1. The highest BCUT2D eigenvalue weighted by molar-refractivity contribution is 7.90. The first-order valence-corrected chi connectivity index (χ1v) is 20.2. The summed E-state index contributed by atoms with van der Waals surface area (Å²) in [5, 5.41) is 5.56. The summed E-state index contributed by atoms with van der Waals surface area (Å²) in [6, 6.07) is 7.56. The second-order valence-electron chi connectivity index (χ2n) is 15.4. The van der Waals surface area contributed by atoms with Gasteiger partial charge in [-0.05, 0) is 76.3 Å². The third kappa shape index (κ3) is 9.23. The molecule has 4 aliphatic rings. The molecule has 3 N–H and O–H groups in total. The molecule has 5 amide bonds. The van der Waals surface area contributed by atoms with Gasteiger partial charge in [0, 0.05) is 29.5 Å². The van der Waals surface area contributed by atoms with E-state index in [9.17, 15) is 36.8 Å². The molecule has 0 radical (unpaired) electrons. The molecule has 2 aromatic carbocycles. The normalized spacial score (nSPS) is 25.7. The number of allylic oxidation sites excluding steroid dienone is 1. The van der Waals surface area contributed by atoms with Gasteiger partial charge in [0.15, 0.2) is 0 Å². The minimum atomic E-state index is -4.40. The van der Waals surface area contributed by atoms with Crippen LogP contribution in [0.15, 0.2) is 59.5 Å². The topological polar surface area (TPSA) is 181 Å². The standard InChI is InChI=1S/C38H45ClFN5O9S/c1-37(2,3)54-35(49)41-30-16-8-6-4-5-7-12-24-19-38(24,34(48)43-55(51,52)27-14-10-13-25(39)17-27)42-32(46)31-18-26(21-45(31)33(30)47)53-36(50)44-20-23-11-9-15-29(40)28(23)22-44/h7,9-15,17,24,26,30-31H,4-6,8,16,18-22H2,1-3H3,(H,41,49)(H,42,46)(H,43,48)/t24-,26-,30+,31+,38-/m1/s1. The molecule has 6 rings (SSSR count). The van der Waals surface area contributed by atoms with Crippen LogP contribution in [-0.4, -0.2) is 84.0 Å². The van der Waals surface area contributed by atoms with Gasteiger partial charge in [0.05, 0.1) is 18.0 Å². The first-order chi connectivity index (χ1) is 26.0. The predicted octanol–water partition coefficient (Wildman–Crippen LogP) is 4.69. The molecule has 296 valence electrons. The van der Waals surface area contributed by atoms with Crippen LogP contribution in [0.4, 0.5) is 14.0 Å². The van der Waals surface area contributed by atoms with E-state index >= 15 is 0 Å². The number of amides is 5. The van der Waals surface area contributed by atoms with Crippen molar-refractivity contribution in [1.82, 2.24) is 25.2 Å². The largest absolute Gasteiger partial charge is 0.444 e. The Hall–Kier alpha value is -4.70. The van der Waals surface area contributed by atoms with E-state index in [1.54, 1.807) is 39.0 Å². The Balaban J connectivity index is 1.27. The predicted molar refractivity (Wildman–Crippen MR) is 197 cm³/mol. The van der Waals surface area contributed by atoms with Crippen molar-refractivity contribution in [3.8, 4) is 0 Å². The Morgan fingerprint density at radius 3 is 2.55 bits per heavy atom. The maximum atomic E-state index is 14.5. The molecule has 1 aliphatic carbocycles. The van der Waals surface area contributed by atoms with E-state index in [2.05, 4.69) is 15.4 Å². The van der Waals surface area contributed by atoms with Crippen LogP contribution >= 0.6 is 11.6 Å². The fourth-order valence-electron chi connectivity index (χ4n) is 7.25. The summed E-state index contributed by atoms with van der Waals surface area (Å²) in [6.45, 7) is 4.91. The lowest BCUT2D eigenvalue weighted by atomic mass is 10.0. The van der Waals surface area contributed by atoms with Crippen molar-refractivity contribution in [3.63, 3.8) is 0 Å². The molecule has 3 heterocycles. The van der Waals surface area contributed by atoms with Gasteiger partial charge in [-0.25, -0.2) is 27.1 Å². The number of fused-ring (bicyclic) bond motifs is 3. The van der Waals surface area contributed by atoms with Crippen molar-refractivity contribution >= 4 is 51.5 Å². The van der Waals surface area contributed by atoms with Gasteiger partial charge >= 0.3 is 12.2 Å². The number of carbonyl (C=O) groups excluding carboxylic acids is 5. The van der Waals surface area contributed by atoms with Gasteiger partial charge in [-0.2, -0.15) is 0 Å². The lowest BCUT2D eigenvalue weighted by molar-refractivity contribution is -0.141. The number of ether oxygens (including phenoxy) is 2. The molecule has 0 bridgehead atoms. The third-order valence-electron chi connectivity index (χ3n) is 10.1. The SMILES string of the molecule is CC(C)(C)OC(=O)N[C@H]1CCCCCC=C[C@@H]2C[C@@]2(C(=O)NS(=O)(=O)c2cccc(Cl)c2)NC(=O)[C@@H]2C[C@@H](OC(=O)N3Cc4cccc(F)c4C3)CN2C1=O. The summed E-state index contributed by atoms with van der Waals surface area (Å²) in [4.78, 5) is 71.2. The molecule has 0 spiro atoms. The minimum absolute atomic E-state index is 0.0212. The van der Waals surface area contributed by atoms with Crippen molar-refractivity contribution in [3.05, 3.63) is 76.6 Å². The maximum Gasteiger partial charge on any atom is 0.410 e. The van der Waals surface area contributed by atoms with Crippen molar-refractivity contribution in [1.29, 1.82) is 0 Å². The zero-order valence-electron chi connectivity index (χ0n) is 30.8. The average Bonchev–Trinajstić information content (AvgIpc) is 3.40.